The monoisotopic (exact) mass is 372 g/mol. The molecule has 3 nitrogen and oxygen atoms in total. The Balaban J connectivity index is 1.87. The summed E-state index contributed by atoms with van der Waals surface area (Å²) in [5.74, 6) is -0.205. The third-order valence-electron chi connectivity index (χ3n) is 3.16. The second-order valence-electron chi connectivity index (χ2n) is 4.76. The zero-order valence-electron chi connectivity index (χ0n) is 10.4. The minimum atomic E-state index is -0.205. The fourth-order valence-electron chi connectivity index (χ4n) is 2.06. The molecule has 0 bridgehead atoms. The highest BCUT2D eigenvalue weighted by Crippen LogP contribution is 2.37. The van der Waals surface area contributed by atoms with Crippen LogP contribution < -0.4 is 5.32 Å². The van der Waals surface area contributed by atoms with Crippen molar-refractivity contribution in [3.8, 4) is 0 Å². The summed E-state index contributed by atoms with van der Waals surface area (Å²) >= 11 is 15.4. The Morgan fingerprint density at radius 3 is 2.75 bits per heavy atom. The first-order chi connectivity index (χ1) is 9.54. The maximum Gasteiger partial charge on any atom is 0.272 e. The molecule has 1 N–H and O–H groups in total. The number of nitrogens with zero attached hydrogens (tertiary/aromatic N) is 1. The molecule has 0 aliphatic heterocycles. The van der Waals surface area contributed by atoms with E-state index in [9.17, 15) is 4.79 Å². The zero-order chi connectivity index (χ0) is 14.3. The Bertz CT molecular complexity index is 680. The number of hydrogen-bond acceptors (Lipinski definition) is 1. The highest BCUT2D eigenvalue weighted by Gasteiger charge is 2.28. The predicted molar refractivity (Wildman–Crippen MR) is 84.8 cm³/mol. The lowest BCUT2D eigenvalue weighted by molar-refractivity contribution is 0.101. The van der Waals surface area contributed by atoms with Gasteiger partial charge in [-0.3, -0.25) is 4.79 Å². The van der Waals surface area contributed by atoms with E-state index in [1.54, 1.807) is 24.4 Å². The van der Waals surface area contributed by atoms with Gasteiger partial charge in [0.25, 0.3) is 5.91 Å². The van der Waals surface area contributed by atoms with Crippen molar-refractivity contribution in [3.05, 3.63) is 50.7 Å². The molecule has 0 unspecified atom stereocenters. The van der Waals surface area contributed by atoms with Crippen molar-refractivity contribution in [1.29, 1.82) is 0 Å². The number of carbonyl (C=O) groups excluding carboxylic acids is 1. The fourth-order valence-corrected chi connectivity index (χ4v) is 2.80. The van der Waals surface area contributed by atoms with Crippen LogP contribution in [0.15, 0.2) is 34.9 Å². The van der Waals surface area contributed by atoms with Crippen LogP contribution in [0.1, 0.15) is 29.4 Å². The molecule has 2 aromatic rings. The van der Waals surface area contributed by atoms with Crippen LogP contribution in [0.25, 0.3) is 0 Å². The van der Waals surface area contributed by atoms with Crippen LogP contribution in [0, 0.1) is 0 Å². The summed E-state index contributed by atoms with van der Waals surface area (Å²) in [6.07, 6.45) is 3.97. The molecular weight excluding hydrogens is 363 g/mol. The first-order valence-corrected chi connectivity index (χ1v) is 7.73. The van der Waals surface area contributed by atoms with Crippen LogP contribution in [0.5, 0.6) is 0 Å². The highest BCUT2D eigenvalue weighted by atomic mass is 79.9. The van der Waals surface area contributed by atoms with Gasteiger partial charge in [-0.05, 0) is 37.1 Å². The number of benzene rings is 1. The van der Waals surface area contributed by atoms with E-state index in [4.69, 9.17) is 23.2 Å². The molecule has 0 saturated heterocycles. The quantitative estimate of drug-likeness (QED) is 0.793. The Morgan fingerprint density at radius 2 is 2.05 bits per heavy atom. The molecule has 0 atom stereocenters. The molecule has 1 aliphatic rings. The maximum absolute atomic E-state index is 12.4. The van der Waals surface area contributed by atoms with Gasteiger partial charge in [0.2, 0.25) is 0 Å². The molecule has 1 aromatic heterocycles. The predicted octanol–water partition coefficient (Wildman–Crippen LogP) is 5.14. The summed E-state index contributed by atoms with van der Waals surface area (Å²) in [7, 11) is 0. The molecule has 1 heterocycles. The van der Waals surface area contributed by atoms with E-state index in [1.807, 2.05) is 10.6 Å². The summed E-state index contributed by atoms with van der Waals surface area (Å²) in [5.41, 5.74) is 1.14. The van der Waals surface area contributed by atoms with Gasteiger partial charge in [0.1, 0.15) is 5.69 Å². The number of halogens is 3. The number of amides is 1. The summed E-state index contributed by atoms with van der Waals surface area (Å²) in [6, 6.07) is 7.39. The number of carbonyl (C=O) groups is 1. The van der Waals surface area contributed by atoms with E-state index in [1.165, 1.54) is 0 Å². The van der Waals surface area contributed by atoms with Gasteiger partial charge >= 0.3 is 0 Å². The number of aromatic nitrogens is 1. The van der Waals surface area contributed by atoms with Gasteiger partial charge in [-0.15, -0.1) is 0 Å². The third-order valence-corrected chi connectivity index (χ3v) is 4.19. The average Bonchev–Trinajstić information content (AvgIpc) is 3.17. The second-order valence-corrected chi connectivity index (χ2v) is 6.52. The molecule has 0 spiro atoms. The molecule has 20 heavy (non-hydrogen) atoms. The summed E-state index contributed by atoms with van der Waals surface area (Å²) in [6.45, 7) is 0. The summed E-state index contributed by atoms with van der Waals surface area (Å²) in [5, 5.41) is 3.89. The van der Waals surface area contributed by atoms with E-state index in [0.29, 0.717) is 27.5 Å². The van der Waals surface area contributed by atoms with Gasteiger partial charge in [-0.2, -0.15) is 0 Å². The molecule has 3 rings (SSSR count). The summed E-state index contributed by atoms with van der Waals surface area (Å²) in [4.78, 5) is 12.4. The van der Waals surface area contributed by atoms with E-state index in [-0.39, 0.29) is 5.91 Å². The van der Waals surface area contributed by atoms with Crippen LogP contribution in [0.4, 0.5) is 5.69 Å². The molecule has 1 aliphatic carbocycles. The minimum Gasteiger partial charge on any atom is -0.339 e. The lowest BCUT2D eigenvalue weighted by Gasteiger charge is -2.10. The van der Waals surface area contributed by atoms with Crippen LogP contribution in [-0.2, 0) is 0 Å². The molecule has 1 saturated carbocycles. The van der Waals surface area contributed by atoms with Crippen LogP contribution in [-0.4, -0.2) is 10.5 Å². The fraction of sp³-hybridized carbons (Fsp3) is 0.214. The van der Waals surface area contributed by atoms with Gasteiger partial charge in [-0.25, -0.2) is 0 Å². The normalized spacial score (nSPS) is 14.3. The Labute approximate surface area is 135 Å². The van der Waals surface area contributed by atoms with Gasteiger partial charge in [0, 0.05) is 16.7 Å². The van der Waals surface area contributed by atoms with Gasteiger partial charge in [-0.1, -0.05) is 39.1 Å². The molecule has 0 radical (unpaired) electrons. The maximum atomic E-state index is 12.4. The Kier molecular flexibility index (Phi) is 3.80. The summed E-state index contributed by atoms with van der Waals surface area (Å²) < 4.78 is 2.79. The van der Waals surface area contributed by atoms with Crippen LogP contribution in [0.2, 0.25) is 10.0 Å². The van der Waals surface area contributed by atoms with Crippen molar-refractivity contribution in [2.75, 3.05) is 5.32 Å². The minimum absolute atomic E-state index is 0.205. The first-order valence-electron chi connectivity index (χ1n) is 6.18. The van der Waals surface area contributed by atoms with Crippen molar-refractivity contribution >= 4 is 50.7 Å². The van der Waals surface area contributed by atoms with Crippen molar-refractivity contribution < 1.29 is 4.79 Å². The molecule has 1 amide bonds. The number of nitrogens with one attached hydrogen (secondary N) is 1. The topological polar surface area (TPSA) is 34.0 Å². The Hall–Kier alpha value is -0.970. The second kappa shape index (κ2) is 5.43. The van der Waals surface area contributed by atoms with Crippen molar-refractivity contribution in [2.24, 2.45) is 0 Å². The van der Waals surface area contributed by atoms with Crippen LogP contribution >= 0.6 is 39.1 Å². The van der Waals surface area contributed by atoms with Crippen molar-refractivity contribution in [1.82, 2.24) is 4.57 Å². The van der Waals surface area contributed by atoms with Crippen LogP contribution in [0.3, 0.4) is 0 Å². The third kappa shape index (κ3) is 2.87. The van der Waals surface area contributed by atoms with Crippen molar-refractivity contribution in [3.63, 3.8) is 0 Å². The molecule has 1 aromatic carbocycles. The standard InChI is InChI=1S/C14H11BrCl2N2O/c15-8-1-4-11(17)12(5-8)18-14(20)13-6-9(16)7-19(13)10-2-3-10/h1,4-7,10H,2-3H2,(H,18,20). The number of hydrogen-bond donors (Lipinski definition) is 1. The van der Waals surface area contributed by atoms with E-state index < -0.39 is 0 Å². The Morgan fingerprint density at radius 1 is 1.30 bits per heavy atom. The van der Waals surface area contributed by atoms with Gasteiger partial charge in [0.15, 0.2) is 0 Å². The largest absolute Gasteiger partial charge is 0.339 e. The van der Waals surface area contributed by atoms with E-state index in [2.05, 4.69) is 21.2 Å². The lowest BCUT2D eigenvalue weighted by atomic mass is 10.3. The lowest BCUT2D eigenvalue weighted by Crippen LogP contribution is -2.16. The highest BCUT2D eigenvalue weighted by molar-refractivity contribution is 9.10. The smallest absolute Gasteiger partial charge is 0.272 e. The molecular formula is C14H11BrCl2N2O. The number of anilines is 1. The number of rotatable bonds is 3. The van der Waals surface area contributed by atoms with Gasteiger partial charge in [0.05, 0.1) is 15.7 Å². The molecule has 104 valence electrons. The molecule has 6 heteroatoms. The first kappa shape index (κ1) is 14.0. The van der Waals surface area contributed by atoms with Crippen molar-refractivity contribution in [2.45, 2.75) is 18.9 Å². The molecule has 1 fully saturated rings. The zero-order valence-corrected chi connectivity index (χ0v) is 13.5. The SMILES string of the molecule is O=C(Nc1cc(Br)ccc1Cl)c1cc(Cl)cn1C1CC1. The van der Waals surface area contributed by atoms with E-state index in [0.717, 1.165) is 17.3 Å². The van der Waals surface area contributed by atoms with Gasteiger partial charge < -0.3 is 9.88 Å². The van der Waals surface area contributed by atoms with E-state index >= 15 is 0 Å². The average molecular weight is 374 g/mol.